The van der Waals surface area contributed by atoms with E-state index in [-0.39, 0.29) is 6.42 Å². The van der Waals surface area contributed by atoms with Crippen molar-refractivity contribution in [2.24, 2.45) is 11.7 Å². The van der Waals surface area contributed by atoms with E-state index >= 15 is 0 Å². The van der Waals surface area contributed by atoms with Crippen LogP contribution >= 0.6 is 0 Å². The monoisotopic (exact) mass is 505 g/mol. The maximum absolute atomic E-state index is 12.7. The van der Waals surface area contributed by atoms with Gasteiger partial charge in [-0.3, -0.25) is 19.2 Å². The quantitative estimate of drug-likeness (QED) is 0.162. The first-order valence-electron chi connectivity index (χ1n) is 11.2. The summed E-state index contributed by atoms with van der Waals surface area (Å²) in [6.45, 7) is 2.23. The molecule has 13 nitrogen and oxygen atoms in total. The number of benzene rings is 1. The van der Waals surface area contributed by atoms with Crippen LogP contribution in [0.3, 0.4) is 0 Å². The van der Waals surface area contributed by atoms with Gasteiger partial charge < -0.3 is 42.0 Å². The first kappa shape index (κ1) is 28.3. The second-order valence-electron chi connectivity index (χ2n) is 8.64. The van der Waals surface area contributed by atoms with Gasteiger partial charge in [0.2, 0.25) is 17.7 Å². The molecule has 3 amide bonds. The van der Waals surface area contributed by atoms with Gasteiger partial charge >= 0.3 is 11.9 Å². The van der Waals surface area contributed by atoms with Crippen molar-refractivity contribution in [2.75, 3.05) is 6.61 Å². The van der Waals surface area contributed by atoms with Crippen molar-refractivity contribution in [3.63, 3.8) is 0 Å². The van der Waals surface area contributed by atoms with E-state index in [9.17, 15) is 34.2 Å². The highest BCUT2D eigenvalue weighted by Gasteiger charge is 2.32. The van der Waals surface area contributed by atoms with Crippen molar-refractivity contribution in [3.05, 3.63) is 36.0 Å². The second kappa shape index (κ2) is 12.7. The standard InChI is InChI=1S/C23H31N5O8/c1-11(2)19(23(35)36)28-21(33)16(8-18(30)31)26-22(34)17(10-29)27-20(32)14(24)7-12-9-25-15-6-4-3-5-13(12)15/h3-6,9,11,14,16-17,19,25,29H,7-8,10,24H2,1-2H3,(H,26,34)(H,27,32)(H,28,33)(H,30,31)(H,35,36). The number of aliphatic carboxylic acids is 2. The predicted octanol–water partition coefficient (Wildman–Crippen LogP) is -1.30. The predicted molar refractivity (Wildman–Crippen MR) is 128 cm³/mol. The molecule has 0 saturated carbocycles. The van der Waals surface area contributed by atoms with Crippen LogP contribution in [0.5, 0.6) is 0 Å². The Labute approximate surface area is 206 Å². The molecule has 1 heterocycles. The van der Waals surface area contributed by atoms with Crippen LogP contribution < -0.4 is 21.7 Å². The topological polar surface area (TPSA) is 224 Å². The molecule has 36 heavy (non-hydrogen) atoms. The zero-order chi connectivity index (χ0) is 27.0. The number of H-pyrrole nitrogens is 1. The number of aromatic amines is 1. The molecule has 13 heteroatoms. The van der Waals surface area contributed by atoms with Gasteiger partial charge in [-0.25, -0.2) is 4.79 Å². The Balaban J connectivity index is 2.05. The minimum absolute atomic E-state index is 0.130. The third kappa shape index (κ3) is 7.52. The molecular weight excluding hydrogens is 474 g/mol. The summed E-state index contributed by atoms with van der Waals surface area (Å²) in [6, 6.07) is 1.83. The van der Waals surface area contributed by atoms with E-state index in [0.717, 1.165) is 16.5 Å². The smallest absolute Gasteiger partial charge is 0.326 e. The fourth-order valence-corrected chi connectivity index (χ4v) is 3.53. The number of carboxylic acids is 2. The Morgan fingerprint density at radius 3 is 2.14 bits per heavy atom. The zero-order valence-electron chi connectivity index (χ0n) is 19.9. The van der Waals surface area contributed by atoms with Crippen LogP contribution in [-0.2, 0) is 30.4 Å². The summed E-state index contributed by atoms with van der Waals surface area (Å²) in [6.07, 6.45) is 0.990. The number of carboxylic acid groups (broad SMARTS) is 2. The molecule has 2 aromatic rings. The molecule has 4 unspecified atom stereocenters. The van der Waals surface area contributed by atoms with Crippen LogP contribution in [0.4, 0.5) is 0 Å². The summed E-state index contributed by atoms with van der Waals surface area (Å²) in [4.78, 5) is 63.4. The van der Waals surface area contributed by atoms with Crippen LogP contribution in [0.25, 0.3) is 10.9 Å². The van der Waals surface area contributed by atoms with Gasteiger partial charge in [-0.15, -0.1) is 0 Å². The lowest BCUT2D eigenvalue weighted by Crippen LogP contribution is -2.59. The lowest BCUT2D eigenvalue weighted by Gasteiger charge is -2.24. The van der Waals surface area contributed by atoms with Crippen LogP contribution in [-0.4, -0.2) is 80.7 Å². The van der Waals surface area contributed by atoms with Gasteiger partial charge in [-0.1, -0.05) is 32.0 Å². The molecule has 0 aliphatic heterocycles. The van der Waals surface area contributed by atoms with Crippen LogP contribution in [0.2, 0.25) is 0 Å². The summed E-state index contributed by atoms with van der Waals surface area (Å²) in [7, 11) is 0. The van der Waals surface area contributed by atoms with Gasteiger partial charge in [0.25, 0.3) is 0 Å². The maximum Gasteiger partial charge on any atom is 0.326 e. The molecule has 0 spiro atoms. The number of fused-ring (bicyclic) bond motifs is 1. The van der Waals surface area contributed by atoms with Crippen molar-refractivity contribution >= 4 is 40.6 Å². The molecule has 1 aromatic heterocycles. The molecule has 4 atom stereocenters. The minimum Gasteiger partial charge on any atom is -0.481 e. The third-order valence-electron chi connectivity index (χ3n) is 5.51. The number of carbonyl (C=O) groups excluding carboxylic acids is 3. The first-order chi connectivity index (χ1) is 16.9. The maximum atomic E-state index is 12.7. The molecule has 0 aliphatic rings. The highest BCUT2D eigenvalue weighted by atomic mass is 16.4. The van der Waals surface area contributed by atoms with Gasteiger partial charge in [0.15, 0.2) is 0 Å². The van der Waals surface area contributed by atoms with Crippen molar-refractivity contribution in [2.45, 2.75) is 50.9 Å². The summed E-state index contributed by atoms with van der Waals surface area (Å²) >= 11 is 0. The van der Waals surface area contributed by atoms with E-state index < -0.39 is 72.8 Å². The Kier molecular flexibility index (Phi) is 9.93. The van der Waals surface area contributed by atoms with E-state index in [2.05, 4.69) is 20.9 Å². The van der Waals surface area contributed by atoms with Crippen molar-refractivity contribution in [1.82, 2.24) is 20.9 Å². The van der Waals surface area contributed by atoms with E-state index in [0.29, 0.717) is 0 Å². The van der Waals surface area contributed by atoms with Crippen molar-refractivity contribution in [1.29, 1.82) is 0 Å². The summed E-state index contributed by atoms with van der Waals surface area (Å²) in [5, 5.41) is 35.5. The Morgan fingerprint density at radius 1 is 0.944 bits per heavy atom. The van der Waals surface area contributed by atoms with Gasteiger partial charge in [-0.05, 0) is 24.0 Å². The molecule has 1 aromatic carbocycles. The van der Waals surface area contributed by atoms with Gasteiger partial charge in [0.1, 0.15) is 18.1 Å². The Bertz CT molecular complexity index is 1110. The van der Waals surface area contributed by atoms with Gasteiger partial charge in [0, 0.05) is 17.1 Å². The number of aliphatic hydroxyl groups excluding tert-OH is 1. The number of carbonyl (C=O) groups is 5. The van der Waals surface area contributed by atoms with Gasteiger partial charge in [-0.2, -0.15) is 0 Å². The van der Waals surface area contributed by atoms with Gasteiger partial charge in [0.05, 0.1) is 19.1 Å². The number of aromatic nitrogens is 1. The summed E-state index contributed by atoms with van der Waals surface area (Å²) in [5.41, 5.74) is 7.62. The number of aliphatic hydroxyl groups is 1. The molecule has 9 N–H and O–H groups in total. The van der Waals surface area contributed by atoms with Crippen molar-refractivity contribution in [3.8, 4) is 0 Å². The third-order valence-corrected chi connectivity index (χ3v) is 5.51. The zero-order valence-corrected chi connectivity index (χ0v) is 19.9. The van der Waals surface area contributed by atoms with E-state index in [1.165, 1.54) is 0 Å². The fourth-order valence-electron chi connectivity index (χ4n) is 3.53. The molecule has 0 radical (unpaired) electrons. The summed E-state index contributed by atoms with van der Waals surface area (Å²) < 4.78 is 0. The molecule has 0 aliphatic carbocycles. The number of para-hydroxylation sites is 1. The SMILES string of the molecule is CC(C)C(NC(=O)C(CC(=O)O)NC(=O)C(CO)NC(=O)C(N)Cc1c[nH]c2ccccc12)C(=O)O. The fraction of sp³-hybridized carbons (Fsp3) is 0.435. The molecule has 0 bridgehead atoms. The minimum atomic E-state index is -1.65. The first-order valence-corrected chi connectivity index (χ1v) is 11.2. The molecule has 0 saturated heterocycles. The highest BCUT2D eigenvalue weighted by molar-refractivity contribution is 5.96. The number of nitrogens with two attached hydrogens (primary N) is 1. The molecule has 196 valence electrons. The van der Waals surface area contributed by atoms with Crippen LogP contribution in [0.15, 0.2) is 30.5 Å². The highest BCUT2D eigenvalue weighted by Crippen LogP contribution is 2.18. The van der Waals surface area contributed by atoms with Crippen LogP contribution in [0, 0.1) is 5.92 Å². The lowest BCUT2D eigenvalue weighted by molar-refractivity contribution is -0.144. The normalized spacial score (nSPS) is 14.5. The summed E-state index contributed by atoms with van der Waals surface area (Å²) in [5.74, 6) is -6.11. The number of hydrogen-bond donors (Lipinski definition) is 8. The molecular formula is C23H31N5O8. The average Bonchev–Trinajstić information content (AvgIpc) is 3.22. The van der Waals surface area contributed by atoms with E-state index in [4.69, 9.17) is 10.8 Å². The lowest BCUT2D eigenvalue weighted by atomic mass is 10.0. The van der Waals surface area contributed by atoms with E-state index in [1.807, 2.05) is 24.3 Å². The largest absolute Gasteiger partial charge is 0.481 e. The number of amides is 3. The molecule has 0 fully saturated rings. The number of rotatable bonds is 13. The van der Waals surface area contributed by atoms with Crippen LogP contribution in [0.1, 0.15) is 25.8 Å². The Hall–Kier alpha value is -3.97. The average molecular weight is 506 g/mol. The van der Waals surface area contributed by atoms with Crippen molar-refractivity contribution < 1.29 is 39.3 Å². The van der Waals surface area contributed by atoms with E-state index in [1.54, 1.807) is 20.0 Å². The number of nitrogens with one attached hydrogen (secondary N) is 4. The molecule has 2 rings (SSSR count). The second-order valence-corrected chi connectivity index (χ2v) is 8.64. The number of hydrogen-bond acceptors (Lipinski definition) is 7. The Morgan fingerprint density at radius 2 is 1.56 bits per heavy atom.